The molecule has 0 aromatic heterocycles. The molecule has 0 heterocycles. The van der Waals surface area contributed by atoms with Crippen molar-refractivity contribution in [2.75, 3.05) is 6.61 Å². The van der Waals surface area contributed by atoms with Crippen molar-refractivity contribution >= 4 is 33.2 Å². The summed E-state index contributed by atoms with van der Waals surface area (Å²) in [5.41, 5.74) is 4.61. The number of non-ortho nitro benzene ring substituents is 1. The molecule has 8 heteroatoms. The summed E-state index contributed by atoms with van der Waals surface area (Å²) >= 11 is 3.39. The van der Waals surface area contributed by atoms with Crippen LogP contribution in [0.25, 0.3) is 0 Å². The molecule has 2 rings (SSSR count). The summed E-state index contributed by atoms with van der Waals surface area (Å²) in [4.78, 5) is 22.0. The smallest absolute Gasteiger partial charge is 0.277 e. The fourth-order valence-corrected chi connectivity index (χ4v) is 2.17. The van der Waals surface area contributed by atoms with E-state index >= 15 is 0 Å². The Morgan fingerprint density at radius 1 is 1.28 bits per heavy atom. The largest absolute Gasteiger partial charge is 0.484 e. The monoisotopic (exact) mass is 405 g/mol. The van der Waals surface area contributed by atoms with Crippen LogP contribution in [0.1, 0.15) is 18.1 Å². The van der Waals surface area contributed by atoms with E-state index in [-0.39, 0.29) is 12.3 Å². The first-order chi connectivity index (χ1) is 11.9. The lowest BCUT2D eigenvalue weighted by Gasteiger charge is -2.07. The Labute approximate surface area is 153 Å². The molecule has 0 saturated carbocycles. The number of nitro benzene ring substituents is 1. The van der Waals surface area contributed by atoms with E-state index in [0.29, 0.717) is 17.0 Å². The van der Waals surface area contributed by atoms with Crippen LogP contribution in [0.5, 0.6) is 5.75 Å². The molecule has 0 aliphatic heterocycles. The minimum Gasteiger partial charge on any atom is -0.484 e. The summed E-state index contributed by atoms with van der Waals surface area (Å²) in [5, 5.41) is 14.6. The van der Waals surface area contributed by atoms with Gasteiger partial charge in [-0.3, -0.25) is 14.9 Å². The second kappa shape index (κ2) is 8.39. The first-order valence-corrected chi connectivity index (χ1v) is 8.13. The molecule has 2 aromatic carbocycles. The Hall–Kier alpha value is -2.74. The van der Waals surface area contributed by atoms with Gasteiger partial charge in [0.1, 0.15) is 5.75 Å². The molecule has 0 bridgehead atoms. The first-order valence-electron chi connectivity index (χ1n) is 7.33. The molecule has 0 spiro atoms. The molecule has 0 atom stereocenters. The molecular weight excluding hydrogens is 390 g/mol. The molecule has 1 amide bonds. The van der Waals surface area contributed by atoms with Gasteiger partial charge < -0.3 is 4.74 Å². The molecule has 0 unspecified atom stereocenters. The third kappa shape index (κ3) is 5.39. The average Bonchev–Trinajstić information content (AvgIpc) is 2.60. The van der Waals surface area contributed by atoms with Crippen LogP contribution in [0.2, 0.25) is 0 Å². The Balaban J connectivity index is 1.90. The maximum absolute atomic E-state index is 11.8. The number of aryl methyl sites for hydroxylation is 1. The fourth-order valence-electron chi connectivity index (χ4n) is 1.92. The molecular formula is C17H16BrN3O4. The highest BCUT2D eigenvalue weighted by atomic mass is 79.9. The van der Waals surface area contributed by atoms with Gasteiger partial charge in [0, 0.05) is 16.6 Å². The lowest BCUT2D eigenvalue weighted by Crippen LogP contribution is -2.25. The number of hydrazone groups is 1. The molecule has 1 N–H and O–H groups in total. The number of carbonyl (C=O) groups excluding carboxylic acids is 1. The predicted octanol–water partition coefficient (Wildman–Crippen LogP) is 3.58. The summed E-state index contributed by atoms with van der Waals surface area (Å²) < 4.78 is 6.37. The highest BCUT2D eigenvalue weighted by Gasteiger charge is 2.07. The molecule has 2 aromatic rings. The van der Waals surface area contributed by atoms with Gasteiger partial charge in [-0.1, -0.05) is 15.9 Å². The van der Waals surface area contributed by atoms with Crippen LogP contribution in [0.3, 0.4) is 0 Å². The van der Waals surface area contributed by atoms with E-state index in [4.69, 9.17) is 4.74 Å². The van der Waals surface area contributed by atoms with E-state index in [1.165, 1.54) is 12.1 Å². The van der Waals surface area contributed by atoms with Crippen molar-refractivity contribution in [2.45, 2.75) is 13.8 Å². The maximum Gasteiger partial charge on any atom is 0.277 e. The van der Waals surface area contributed by atoms with Gasteiger partial charge in [0.05, 0.1) is 10.6 Å². The Morgan fingerprint density at radius 3 is 2.56 bits per heavy atom. The summed E-state index contributed by atoms with van der Waals surface area (Å²) in [7, 11) is 0. The number of ether oxygens (including phenoxy) is 1. The van der Waals surface area contributed by atoms with Crippen LogP contribution in [0.4, 0.5) is 5.69 Å². The van der Waals surface area contributed by atoms with Crippen LogP contribution >= 0.6 is 15.9 Å². The van der Waals surface area contributed by atoms with Gasteiger partial charge in [-0.25, -0.2) is 5.43 Å². The minimum atomic E-state index is -0.473. The van der Waals surface area contributed by atoms with E-state index in [0.717, 1.165) is 10.0 Å². The molecule has 7 nitrogen and oxygen atoms in total. The van der Waals surface area contributed by atoms with Gasteiger partial charge in [0.15, 0.2) is 6.61 Å². The standard InChI is InChI=1S/C17H16BrN3O4/c1-11-9-15(7-8-16(11)18)25-10-17(22)20-19-12(2)13-3-5-14(6-4-13)21(23)24/h3-9H,10H2,1-2H3,(H,20,22). The number of amides is 1. The van der Waals surface area contributed by atoms with Crippen LogP contribution in [-0.2, 0) is 4.79 Å². The van der Waals surface area contributed by atoms with Crippen molar-refractivity contribution in [3.05, 3.63) is 68.2 Å². The van der Waals surface area contributed by atoms with Crippen LogP contribution in [-0.4, -0.2) is 23.1 Å². The Morgan fingerprint density at radius 2 is 1.96 bits per heavy atom. The Kier molecular flexibility index (Phi) is 6.24. The molecule has 0 radical (unpaired) electrons. The van der Waals surface area contributed by atoms with Gasteiger partial charge in [0.2, 0.25) is 0 Å². The summed E-state index contributed by atoms with van der Waals surface area (Å²) in [5.74, 6) is 0.189. The van der Waals surface area contributed by atoms with Gasteiger partial charge in [-0.15, -0.1) is 0 Å². The molecule has 25 heavy (non-hydrogen) atoms. The number of hydrogen-bond donors (Lipinski definition) is 1. The average molecular weight is 406 g/mol. The number of rotatable bonds is 6. The lowest BCUT2D eigenvalue weighted by molar-refractivity contribution is -0.384. The van der Waals surface area contributed by atoms with Gasteiger partial charge in [-0.05, 0) is 55.3 Å². The second-order valence-corrected chi connectivity index (χ2v) is 6.09. The number of carbonyl (C=O) groups is 1. The predicted molar refractivity (Wildman–Crippen MR) is 97.8 cm³/mol. The van der Waals surface area contributed by atoms with E-state index < -0.39 is 10.8 Å². The molecule has 0 aliphatic rings. The van der Waals surface area contributed by atoms with E-state index in [1.54, 1.807) is 25.1 Å². The number of nitro groups is 1. The van der Waals surface area contributed by atoms with Crippen molar-refractivity contribution in [1.29, 1.82) is 0 Å². The summed E-state index contributed by atoms with van der Waals surface area (Å²) in [6, 6.07) is 11.3. The van der Waals surface area contributed by atoms with Crippen molar-refractivity contribution in [3.8, 4) is 5.75 Å². The van der Waals surface area contributed by atoms with Gasteiger partial charge >= 0.3 is 0 Å². The molecule has 0 fully saturated rings. The van der Waals surface area contributed by atoms with Gasteiger partial charge in [-0.2, -0.15) is 5.10 Å². The maximum atomic E-state index is 11.8. The Bertz CT molecular complexity index is 819. The normalized spacial score (nSPS) is 11.1. The van der Waals surface area contributed by atoms with E-state index in [1.807, 2.05) is 19.1 Å². The highest BCUT2D eigenvalue weighted by molar-refractivity contribution is 9.10. The third-order valence-corrected chi connectivity index (χ3v) is 4.23. The zero-order valence-electron chi connectivity index (χ0n) is 13.7. The lowest BCUT2D eigenvalue weighted by atomic mass is 10.1. The van der Waals surface area contributed by atoms with Crippen LogP contribution < -0.4 is 10.2 Å². The number of nitrogens with one attached hydrogen (secondary N) is 1. The van der Waals surface area contributed by atoms with Gasteiger partial charge in [0.25, 0.3) is 11.6 Å². The zero-order chi connectivity index (χ0) is 18.4. The second-order valence-electron chi connectivity index (χ2n) is 5.24. The number of benzene rings is 2. The molecule has 0 saturated heterocycles. The number of hydrogen-bond acceptors (Lipinski definition) is 5. The molecule has 0 aliphatic carbocycles. The van der Waals surface area contributed by atoms with Crippen LogP contribution in [0.15, 0.2) is 52.0 Å². The van der Waals surface area contributed by atoms with Crippen molar-refractivity contribution in [3.63, 3.8) is 0 Å². The highest BCUT2D eigenvalue weighted by Crippen LogP contribution is 2.21. The van der Waals surface area contributed by atoms with E-state index in [2.05, 4.69) is 26.5 Å². The molecule has 130 valence electrons. The summed E-state index contributed by atoms with van der Waals surface area (Å²) in [6.45, 7) is 3.45. The zero-order valence-corrected chi connectivity index (χ0v) is 15.2. The third-order valence-electron chi connectivity index (χ3n) is 3.34. The van der Waals surface area contributed by atoms with Crippen molar-refractivity contribution < 1.29 is 14.5 Å². The fraction of sp³-hybridized carbons (Fsp3) is 0.176. The summed E-state index contributed by atoms with van der Waals surface area (Å²) in [6.07, 6.45) is 0. The first kappa shape index (κ1) is 18.6. The van der Waals surface area contributed by atoms with E-state index in [9.17, 15) is 14.9 Å². The quantitative estimate of drug-likeness (QED) is 0.451. The SMILES string of the molecule is CC(=NNC(=O)COc1ccc(Br)c(C)c1)c1ccc([N+](=O)[O-])cc1. The van der Waals surface area contributed by atoms with Crippen molar-refractivity contribution in [1.82, 2.24) is 5.43 Å². The number of halogens is 1. The van der Waals surface area contributed by atoms with Crippen LogP contribution in [0, 0.1) is 17.0 Å². The van der Waals surface area contributed by atoms with Crippen molar-refractivity contribution in [2.24, 2.45) is 5.10 Å². The number of nitrogens with zero attached hydrogens (tertiary/aromatic N) is 2. The topological polar surface area (TPSA) is 93.8 Å². The minimum absolute atomic E-state index is 0.00113.